The Balaban J connectivity index is 2.05. The molecule has 3 N–H and O–H groups in total. The van der Waals surface area contributed by atoms with Crippen LogP contribution in [0.1, 0.15) is 6.92 Å². The van der Waals surface area contributed by atoms with E-state index in [2.05, 4.69) is 35.7 Å². The number of nitrogens with one attached hydrogen (secondary N) is 2. The molecule has 21 heavy (non-hydrogen) atoms. The Morgan fingerprint density at radius 2 is 2.00 bits per heavy atom. The summed E-state index contributed by atoms with van der Waals surface area (Å²) < 4.78 is 6.61. The molecule has 0 aliphatic heterocycles. The van der Waals surface area contributed by atoms with Crippen molar-refractivity contribution in [2.24, 2.45) is 0 Å². The zero-order valence-corrected chi connectivity index (χ0v) is 11.7. The number of hydrogen-bond donors (Lipinski definition) is 3. The van der Waals surface area contributed by atoms with E-state index in [0.29, 0.717) is 44.1 Å². The van der Waals surface area contributed by atoms with Crippen molar-refractivity contribution in [3.63, 3.8) is 0 Å². The maximum atomic E-state index is 8.62. The second-order valence-electron chi connectivity index (χ2n) is 3.92. The van der Waals surface area contributed by atoms with Gasteiger partial charge in [0, 0.05) is 13.1 Å². The first kappa shape index (κ1) is 15.1. The first-order valence-electron chi connectivity index (χ1n) is 6.61. The zero-order chi connectivity index (χ0) is 14.9. The second kappa shape index (κ2) is 8.07. The summed E-state index contributed by atoms with van der Waals surface area (Å²) in [5.41, 5.74) is 0. The predicted octanol–water partition coefficient (Wildman–Crippen LogP) is -0.695. The van der Waals surface area contributed by atoms with Gasteiger partial charge in [-0.2, -0.15) is 24.7 Å². The van der Waals surface area contributed by atoms with Crippen molar-refractivity contribution in [3.8, 4) is 5.95 Å². The summed E-state index contributed by atoms with van der Waals surface area (Å²) in [4.78, 5) is 16.6. The Hall–Kier alpha value is -2.33. The molecular weight excluding hydrogens is 276 g/mol. The summed E-state index contributed by atoms with van der Waals surface area (Å²) in [6.07, 6.45) is 2.92. The maximum Gasteiger partial charge on any atom is 0.258 e. The van der Waals surface area contributed by atoms with E-state index in [1.807, 2.05) is 6.92 Å². The van der Waals surface area contributed by atoms with Crippen LogP contribution in [0.15, 0.2) is 12.7 Å². The minimum absolute atomic E-state index is 0.00672. The molecule has 0 aromatic carbocycles. The molecule has 0 bridgehead atoms. The first-order chi connectivity index (χ1) is 10.3. The highest BCUT2D eigenvalue weighted by Crippen LogP contribution is 2.07. The second-order valence-corrected chi connectivity index (χ2v) is 3.92. The van der Waals surface area contributed by atoms with Gasteiger partial charge in [0.15, 0.2) is 0 Å². The largest absolute Gasteiger partial charge is 0.394 e. The third-order valence-electron chi connectivity index (χ3n) is 2.35. The fraction of sp³-hybridized carbons (Fsp3) is 0.545. The minimum Gasteiger partial charge on any atom is -0.394 e. The van der Waals surface area contributed by atoms with E-state index in [0.717, 1.165) is 0 Å². The van der Waals surface area contributed by atoms with Gasteiger partial charge in [0.2, 0.25) is 11.9 Å². The Bertz CT molecular complexity index is 533. The average Bonchev–Trinajstić information content (AvgIpc) is 3.01. The molecule has 2 rings (SSSR count). The Morgan fingerprint density at radius 1 is 1.19 bits per heavy atom. The Morgan fingerprint density at radius 3 is 2.67 bits per heavy atom. The summed E-state index contributed by atoms with van der Waals surface area (Å²) in [6.45, 7) is 3.93. The highest BCUT2D eigenvalue weighted by molar-refractivity contribution is 5.37. The molecule has 0 saturated heterocycles. The first-order valence-corrected chi connectivity index (χ1v) is 6.61. The SMILES string of the molecule is CCNc1nc(NCCOCCO)nc(-n2cncn2)n1. The van der Waals surface area contributed by atoms with Crippen molar-refractivity contribution in [2.45, 2.75) is 6.92 Å². The van der Waals surface area contributed by atoms with Crippen molar-refractivity contribution >= 4 is 11.9 Å². The van der Waals surface area contributed by atoms with Gasteiger partial charge in [-0.1, -0.05) is 0 Å². The highest BCUT2D eigenvalue weighted by atomic mass is 16.5. The maximum absolute atomic E-state index is 8.62. The van der Waals surface area contributed by atoms with Gasteiger partial charge >= 0.3 is 0 Å². The smallest absolute Gasteiger partial charge is 0.258 e. The van der Waals surface area contributed by atoms with Crippen LogP contribution in [0, 0.1) is 0 Å². The van der Waals surface area contributed by atoms with Gasteiger partial charge in [-0.05, 0) is 6.92 Å². The van der Waals surface area contributed by atoms with Crippen LogP contribution in [0.4, 0.5) is 11.9 Å². The van der Waals surface area contributed by atoms with Crippen LogP contribution in [0.2, 0.25) is 0 Å². The van der Waals surface area contributed by atoms with Crippen LogP contribution < -0.4 is 10.6 Å². The lowest BCUT2D eigenvalue weighted by molar-refractivity contribution is 0.0991. The van der Waals surface area contributed by atoms with Crippen molar-refractivity contribution in [2.75, 3.05) is 43.5 Å². The van der Waals surface area contributed by atoms with Crippen LogP contribution in [0.3, 0.4) is 0 Å². The van der Waals surface area contributed by atoms with Crippen LogP contribution in [-0.4, -0.2) is 67.7 Å². The number of rotatable bonds is 9. The third-order valence-corrected chi connectivity index (χ3v) is 2.35. The van der Waals surface area contributed by atoms with Crippen LogP contribution in [0.25, 0.3) is 5.95 Å². The van der Waals surface area contributed by atoms with E-state index in [9.17, 15) is 0 Å². The van der Waals surface area contributed by atoms with Crippen molar-refractivity contribution in [1.82, 2.24) is 29.7 Å². The summed E-state index contributed by atoms with van der Waals surface area (Å²) in [7, 11) is 0. The molecule has 0 aliphatic rings. The number of ether oxygens (including phenoxy) is 1. The highest BCUT2D eigenvalue weighted by Gasteiger charge is 2.08. The molecule has 10 heteroatoms. The minimum atomic E-state index is 0.00672. The van der Waals surface area contributed by atoms with E-state index >= 15 is 0 Å². The summed E-state index contributed by atoms with van der Waals surface area (Å²) in [6, 6.07) is 0. The molecule has 2 heterocycles. The fourth-order valence-electron chi connectivity index (χ4n) is 1.50. The number of aliphatic hydroxyl groups is 1. The normalized spacial score (nSPS) is 10.6. The molecule has 2 aromatic heterocycles. The molecule has 0 radical (unpaired) electrons. The quantitative estimate of drug-likeness (QED) is 0.515. The van der Waals surface area contributed by atoms with Gasteiger partial charge in [0.1, 0.15) is 12.7 Å². The van der Waals surface area contributed by atoms with Gasteiger partial charge in [-0.15, -0.1) is 0 Å². The molecule has 0 spiro atoms. The molecule has 0 fully saturated rings. The van der Waals surface area contributed by atoms with Crippen LogP contribution in [-0.2, 0) is 4.74 Å². The van der Waals surface area contributed by atoms with Gasteiger partial charge in [-0.25, -0.2) is 4.98 Å². The summed E-state index contributed by atoms with van der Waals surface area (Å²) in [5.74, 6) is 1.24. The van der Waals surface area contributed by atoms with Gasteiger partial charge in [-0.3, -0.25) is 0 Å². The van der Waals surface area contributed by atoms with Gasteiger partial charge in [0.05, 0.1) is 19.8 Å². The number of nitrogens with zero attached hydrogens (tertiary/aromatic N) is 6. The zero-order valence-electron chi connectivity index (χ0n) is 11.7. The van der Waals surface area contributed by atoms with E-state index in [-0.39, 0.29) is 6.61 Å². The van der Waals surface area contributed by atoms with E-state index in [1.165, 1.54) is 17.3 Å². The van der Waals surface area contributed by atoms with Crippen LogP contribution >= 0.6 is 0 Å². The fourth-order valence-corrected chi connectivity index (χ4v) is 1.50. The van der Waals surface area contributed by atoms with Gasteiger partial charge < -0.3 is 20.5 Å². The molecule has 114 valence electrons. The van der Waals surface area contributed by atoms with Crippen molar-refractivity contribution in [3.05, 3.63) is 12.7 Å². The lowest BCUT2D eigenvalue weighted by atomic mass is 10.6. The number of hydrogen-bond acceptors (Lipinski definition) is 9. The van der Waals surface area contributed by atoms with Crippen LogP contribution in [0.5, 0.6) is 0 Å². The standard InChI is InChI=1S/C11H18N8O2/c1-2-13-9-16-10(14-3-5-21-6-4-20)18-11(17-9)19-8-12-7-15-19/h7-8,20H,2-6H2,1H3,(H2,13,14,16,17,18). The number of anilines is 2. The number of aliphatic hydroxyl groups excluding tert-OH is 1. The van der Waals surface area contributed by atoms with Crippen molar-refractivity contribution < 1.29 is 9.84 Å². The molecule has 0 atom stereocenters. The molecule has 0 unspecified atom stereocenters. The molecular formula is C11H18N8O2. The lowest BCUT2D eigenvalue weighted by Crippen LogP contribution is -2.16. The summed E-state index contributed by atoms with van der Waals surface area (Å²) >= 11 is 0. The molecule has 0 aliphatic carbocycles. The Kier molecular flexibility index (Phi) is 5.79. The van der Waals surface area contributed by atoms with Gasteiger partial charge in [0.25, 0.3) is 5.95 Å². The number of aromatic nitrogens is 6. The van der Waals surface area contributed by atoms with E-state index < -0.39 is 0 Å². The topological polar surface area (TPSA) is 123 Å². The van der Waals surface area contributed by atoms with E-state index in [1.54, 1.807) is 0 Å². The predicted molar refractivity (Wildman–Crippen MR) is 75.3 cm³/mol. The lowest BCUT2D eigenvalue weighted by Gasteiger charge is -2.09. The van der Waals surface area contributed by atoms with Crippen molar-refractivity contribution in [1.29, 1.82) is 0 Å². The average molecular weight is 294 g/mol. The molecule has 0 amide bonds. The molecule has 2 aromatic rings. The molecule has 10 nitrogen and oxygen atoms in total. The van der Waals surface area contributed by atoms with E-state index in [4.69, 9.17) is 9.84 Å². The Labute approximate surface area is 121 Å². The summed E-state index contributed by atoms with van der Waals surface area (Å²) in [5, 5.41) is 18.7. The molecule has 0 saturated carbocycles. The third kappa shape index (κ3) is 4.61. The monoisotopic (exact) mass is 294 g/mol.